The van der Waals surface area contributed by atoms with Gasteiger partial charge in [0.1, 0.15) is 0 Å². The van der Waals surface area contributed by atoms with Gasteiger partial charge in [0.2, 0.25) is 0 Å². The van der Waals surface area contributed by atoms with Crippen molar-refractivity contribution in [2.24, 2.45) is 5.41 Å². The Morgan fingerprint density at radius 1 is 0.905 bits per heavy atom. The van der Waals surface area contributed by atoms with Crippen LogP contribution in [0.25, 0.3) is 11.3 Å². The molecule has 2 aromatic rings. The summed E-state index contributed by atoms with van der Waals surface area (Å²) >= 11 is 0. The second-order valence-electron chi connectivity index (χ2n) is 8.04. The molecule has 0 bridgehead atoms. The molecule has 0 fully saturated rings. The molecule has 2 heteroatoms. The maximum atomic E-state index is 5.03. The van der Waals surface area contributed by atoms with Gasteiger partial charge in [-0.1, -0.05) is 76.8 Å². The van der Waals surface area contributed by atoms with E-state index in [0.717, 1.165) is 12.1 Å². The fraction of sp³-hybridized carbons (Fsp3) is 0.421. The van der Waals surface area contributed by atoms with Crippen LogP contribution < -0.4 is 5.19 Å². The molecule has 1 heterocycles. The van der Waals surface area contributed by atoms with Gasteiger partial charge in [0.05, 0.1) is 13.8 Å². The summed E-state index contributed by atoms with van der Waals surface area (Å²) in [6, 6.07) is 15.0. The minimum atomic E-state index is -1.36. The van der Waals surface area contributed by atoms with Crippen molar-refractivity contribution in [2.75, 3.05) is 0 Å². The third-order valence-electron chi connectivity index (χ3n) is 3.55. The van der Waals surface area contributed by atoms with Crippen LogP contribution in [0.2, 0.25) is 19.6 Å². The van der Waals surface area contributed by atoms with Crippen LogP contribution in [-0.4, -0.2) is 13.1 Å². The second kappa shape index (κ2) is 5.76. The number of rotatable bonds is 3. The topological polar surface area (TPSA) is 12.9 Å². The monoisotopic (exact) mass is 297 g/mol. The minimum absolute atomic E-state index is 0.261. The van der Waals surface area contributed by atoms with Gasteiger partial charge in [0.25, 0.3) is 0 Å². The highest BCUT2D eigenvalue weighted by Gasteiger charge is 2.24. The van der Waals surface area contributed by atoms with E-state index in [4.69, 9.17) is 4.98 Å². The van der Waals surface area contributed by atoms with E-state index in [9.17, 15) is 0 Å². The molecule has 0 radical (unpaired) electrons. The summed E-state index contributed by atoms with van der Waals surface area (Å²) in [7, 11) is -1.36. The van der Waals surface area contributed by atoms with Gasteiger partial charge >= 0.3 is 0 Å². The fourth-order valence-corrected chi connectivity index (χ4v) is 4.18. The van der Waals surface area contributed by atoms with Crippen LogP contribution in [0, 0.1) is 5.41 Å². The lowest BCUT2D eigenvalue weighted by Crippen LogP contribution is -2.41. The zero-order chi connectivity index (χ0) is 15.7. The van der Waals surface area contributed by atoms with Crippen molar-refractivity contribution < 1.29 is 0 Å². The smallest absolute Gasteiger partial charge is 0.0799 e. The molecule has 0 atom stereocenters. The second-order valence-corrected chi connectivity index (χ2v) is 13.1. The van der Waals surface area contributed by atoms with E-state index in [2.05, 4.69) is 82.9 Å². The van der Waals surface area contributed by atoms with E-state index in [1.165, 1.54) is 16.4 Å². The number of hydrogen-bond donors (Lipinski definition) is 0. The Morgan fingerprint density at radius 3 is 2.05 bits per heavy atom. The molecule has 1 aromatic heterocycles. The molecule has 0 aliphatic carbocycles. The number of pyridine rings is 1. The average Bonchev–Trinajstić information content (AvgIpc) is 2.36. The molecular formula is C19H27NSi. The highest BCUT2D eigenvalue weighted by atomic mass is 28.3. The molecule has 0 spiro atoms. The lowest BCUT2D eigenvalue weighted by molar-refractivity contribution is 0.407. The average molecular weight is 298 g/mol. The van der Waals surface area contributed by atoms with E-state index in [1.54, 1.807) is 0 Å². The van der Waals surface area contributed by atoms with E-state index in [-0.39, 0.29) is 5.41 Å². The maximum absolute atomic E-state index is 5.03. The minimum Gasteiger partial charge on any atom is -0.253 e. The van der Waals surface area contributed by atoms with Gasteiger partial charge in [-0.3, -0.25) is 4.98 Å². The molecule has 2 rings (SSSR count). The molecule has 0 amide bonds. The molecule has 0 saturated carbocycles. The molecule has 1 nitrogen and oxygen atoms in total. The van der Waals surface area contributed by atoms with Gasteiger partial charge in [-0.15, -0.1) is 0 Å². The van der Waals surface area contributed by atoms with Crippen LogP contribution in [-0.2, 0) is 6.42 Å². The number of aromatic nitrogens is 1. The molecule has 112 valence electrons. The SMILES string of the molecule is CC(C)(C)Cc1nc(-c2ccccc2)ccc1[Si](C)(C)C. The predicted octanol–water partition coefficient (Wildman–Crippen LogP) is 4.88. The van der Waals surface area contributed by atoms with Crippen LogP contribution >= 0.6 is 0 Å². The van der Waals surface area contributed by atoms with Gasteiger partial charge < -0.3 is 0 Å². The molecule has 0 unspecified atom stereocenters. The van der Waals surface area contributed by atoms with Crippen LogP contribution in [0.5, 0.6) is 0 Å². The summed E-state index contributed by atoms with van der Waals surface area (Å²) in [5.74, 6) is 0. The Morgan fingerprint density at radius 2 is 1.52 bits per heavy atom. The van der Waals surface area contributed by atoms with E-state index in [1.807, 2.05) is 0 Å². The highest BCUT2D eigenvalue weighted by molar-refractivity contribution is 6.89. The van der Waals surface area contributed by atoms with Crippen molar-refractivity contribution in [1.29, 1.82) is 0 Å². The third-order valence-corrected chi connectivity index (χ3v) is 5.62. The summed E-state index contributed by atoms with van der Waals surface area (Å²) in [4.78, 5) is 5.03. The molecule has 21 heavy (non-hydrogen) atoms. The largest absolute Gasteiger partial charge is 0.253 e. The predicted molar refractivity (Wildman–Crippen MR) is 95.8 cm³/mol. The van der Waals surface area contributed by atoms with Crippen LogP contribution in [0.15, 0.2) is 42.5 Å². The van der Waals surface area contributed by atoms with Crippen LogP contribution in [0.3, 0.4) is 0 Å². The van der Waals surface area contributed by atoms with Crippen molar-refractivity contribution in [3.05, 3.63) is 48.2 Å². The summed E-state index contributed by atoms with van der Waals surface area (Å²) in [6.45, 7) is 14.1. The number of hydrogen-bond acceptors (Lipinski definition) is 1. The summed E-state index contributed by atoms with van der Waals surface area (Å²) in [5.41, 5.74) is 3.85. The normalized spacial score (nSPS) is 12.5. The Bertz CT molecular complexity index is 604. The zero-order valence-electron chi connectivity index (χ0n) is 14.2. The molecule has 0 N–H and O–H groups in total. The lowest BCUT2D eigenvalue weighted by atomic mass is 9.90. The standard InChI is InChI=1S/C19H27NSi/c1-19(2,3)14-17-18(21(4,5)6)13-12-16(20-17)15-10-8-7-9-11-15/h7-13H,14H2,1-6H3. The van der Waals surface area contributed by atoms with Gasteiger partial charge in [-0.05, 0) is 23.1 Å². The van der Waals surface area contributed by atoms with Crippen molar-refractivity contribution in [2.45, 2.75) is 46.8 Å². The van der Waals surface area contributed by atoms with E-state index >= 15 is 0 Å². The van der Waals surface area contributed by atoms with E-state index < -0.39 is 8.07 Å². The number of benzene rings is 1. The Hall–Kier alpha value is -1.41. The maximum Gasteiger partial charge on any atom is 0.0799 e. The summed E-state index contributed by atoms with van der Waals surface area (Å²) in [5, 5.41) is 1.50. The molecule has 0 aliphatic rings. The zero-order valence-corrected chi connectivity index (χ0v) is 15.2. The Kier molecular flexibility index (Phi) is 4.38. The Labute approximate surface area is 130 Å². The number of nitrogens with zero attached hydrogens (tertiary/aromatic N) is 1. The van der Waals surface area contributed by atoms with Crippen LogP contribution in [0.4, 0.5) is 0 Å². The van der Waals surface area contributed by atoms with E-state index in [0.29, 0.717) is 0 Å². The van der Waals surface area contributed by atoms with Gasteiger partial charge in [0.15, 0.2) is 0 Å². The van der Waals surface area contributed by atoms with Gasteiger partial charge in [-0.2, -0.15) is 0 Å². The van der Waals surface area contributed by atoms with Crippen molar-refractivity contribution in [1.82, 2.24) is 4.98 Å². The highest BCUT2D eigenvalue weighted by Crippen LogP contribution is 2.23. The first-order valence-corrected chi connectivity index (χ1v) is 11.2. The quantitative estimate of drug-likeness (QED) is 0.736. The molecule has 0 aliphatic heterocycles. The first-order chi connectivity index (χ1) is 9.67. The molecule has 1 aromatic carbocycles. The van der Waals surface area contributed by atoms with Crippen molar-refractivity contribution in [3.63, 3.8) is 0 Å². The van der Waals surface area contributed by atoms with Gasteiger partial charge in [0, 0.05) is 11.3 Å². The fourth-order valence-electron chi connectivity index (χ4n) is 2.59. The van der Waals surface area contributed by atoms with Crippen LogP contribution in [0.1, 0.15) is 26.5 Å². The van der Waals surface area contributed by atoms with Crippen molar-refractivity contribution in [3.8, 4) is 11.3 Å². The van der Waals surface area contributed by atoms with Crippen molar-refractivity contribution >= 4 is 13.3 Å². The Balaban J connectivity index is 2.52. The van der Waals surface area contributed by atoms with Gasteiger partial charge in [-0.25, -0.2) is 0 Å². The lowest BCUT2D eigenvalue weighted by Gasteiger charge is -2.25. The summed E-state index contributed by atoms with van der Waals surface area (Å²) < 4.78 is 0. The first-order valence-electron chi connectivity index (χ1n) is 7.73. The first kappa shape index (κ1) is 16.0. The molecular weight excluding hydrogens is 270 g/mol. The molecule has 0 saturated heterocycles. The summed E-state index contributed by atoms with van der Waals surface area (Å²) in [6.07, 6.45) is 1.03. The third kappa shape index (κ3) is 4.27.